The summed E-state index contributed by atoms with van der Waals surface area (Å²) in [5, 5.41) is 2.75. The van der Waals surface area contributed by atoms with E-state index in [0.717, 1.165) is 37.2 Å². The summed E-state index contributed by atoms with van der Waals surface area (Å²) < 4.78 is 11.7. The lowest BCUT2D eigenvalue weighted by Gasteiger charge is -2.34. The molecule has 0 bridgehead atoms. The molecule has 2 aliphatic rings. The van der Waals surface area contributed by atoms with E-state index >= 15 is 0 Å². The molecule has 210 valence electrons. The van der Waals surface area contributed by atoms with Crippen molar-refractivity contribution in [1.82, 2.24) is 15.1 Å². The van der Waals surface area contributed by atoms with Gasteiger partial charge in [-0.3, -0.25) is 14.5 Å². The Hall–Kier alpha value is -3.88. The van der Waals surface area contributed by atoms with Crippen LogP contribution in [0, 0.1) is 0 Å². The predicted octanol–water partition coefficient (Wildman–Crippen LogP) is 3.16. The van der Waals surface area contributed by atoms with Crippen LogP contribution in [0.1, 0.15) is 39.0 Å². The number of rotatable bonds is 9. The second-order valence-electron chi connectivity index (χ2n) is 10.4. The van der Waals surface area contributed by atoms with E-state index in [1.54, 1.807) is 31.2 Å². The van der Waals surface area contributed by atoms with Crippen LogP contribution in [0.3, 0.4) is 0 Å². The van der Waals surface area contributed by atoms with Gasteiger partial charge in [-0.05, 0) is 47.7 Å². The van der Waals surface area contributed by atoms with E-state index in [1.807, 2.05) is 12.1 Å². The van der Waals surface area contributed by atoms with Crippen LogP contribution in [0.4, 0.5) is 0 Å². The van der Waals surface area contributed by atoms with Gasteiger partial charge in [-0.15, -0.1) is 0 Å². The molecule has 5 rings (SSSR count). The first-order valence-corrected chi connectivity index (χ1v) is 13.9. The van der Waals surface area contributed by atoms with Gasteiger partial charge in [0, 0.05) is 56.8 Å². The lowest BCUT2D eigenvalue weighted by Crippen LogP contribution is -2.45. The molecule has 8 heteroatoms. The Morgan fingerprint density at radius 2 is 1.88 bits per heavy atom. The Labute approximate surface area is 236 Å². The summed E-state index contributed by atoms with van der Waals surface area (Å²) in [6.07, 6.45) is 2.32. The van der Waals surface area contributed by atoms with Crippen molar-refractivity contribution in [1.29, 1.82) is 0 Å². The standard InChI is InChI=1S/C32H38N4O4/c1-34-31(37)28-18-26(21-36(28)32(38)23-11-12-24(19-33)30(17-23)39-2)35-15-13-27-25(20-35)9-6-10-29(27)40-16-14-22-7-4-3-5-8-22/h3-12,17,26,28H,13-16,18-21,33H2,1-2H3,(H,34,37)/t26-,28-/m0/s1. The van der Waals surface area contributed by atoms with E-state index in [1.165, 1.54) is 16.7 Å². The first kappa shape index (κ1) is 27.7. The van der Waals surface area contributed by atoms with Crippen LogP contribution in [0.15, 0.2) is 66.7 Å². The molecule has 0 aliphatic carbocycles. The number of hydrogen-bond acceptors (Lipinski definition) is 6. The summed E-state index contributed by atoms with van der Waals surface area (Å²) >= 11 is 0. The number of fused-ring (bicyclic) bond motifs is 1. The predicted molar refractivity (Wildman–Crippen MR) is 154 cm³/mol. The Morgan fingerprint density at radius 1 is 1.05 bits per heavy atom. The van der Waals surface area contributed by atoms with Crippen molar-refractivity contribution >= 4 is 11.8 Å². The number of likely N-dealkylation sites (tertiary alicyclic amines) is 1. The van der Waals surface area contributed by atoms with Gasteiger partial charge in [0.1, 0.15) is 17.5 Å². The fourth-order valence-corrected chi connectivity index (χ4v) is 5.90. The van der Waals surface area contributed by atoms with E-state index in [9.17, 15) is 9.59 Å². The molecule has 2 amide bonds. The van der Waals surface area contributed by atoms with Crippen molar-refractivity contribution in [2.24, 2.45) is 5.73 Å². The van der Waals surface area contributed by atoms with Gasteiger partial charge >= 0.3 is 0 Å². The molecule has 3 N–H and O–H groups in total. The zero-order chi connectivity index (χ0) is 28.1. The van der Waals surface area contributed by atoms with E-state index in [2.05, 4.69) is 52.7 Å². The minimum absolute atomic E-state index is 0.0762. The van der Waals surface area contributed by atoms with Crippen molar-refractivity contribution in [3.05, 3.63) is 94.5 Å². The first-order chi connectivity index (χ1) is 19.5. The minimum Gasteiger partial charge on any atom is -0.496 e. The van der Waals surface area contributed by atoms with Crippen LogP contribution in [-0.2, 0) is 30.7 Å². The molecule has 0 unspecified atom stereocenters. The topological polar surface area (TPSA) is 97.1 Å². The molecular weight excluding hydrogens is 504 g/mol. The normalized spacial score (nSPS) is 18.7. The highest BCUT2D eigenvalue weighted by Crippen LogP contribution is 2.33. The summed E-state index contributed by atoms with van der Waals surface area (Å²) in [6.45, 7) is 3.05. The Kier molecular flexibility index (Phi) is 8.67. The molecular formula is C32H38N4O4. The molecule has 3 aromatic carbocycles. The lowest BCUT2D eigenvalue weighted by molar-refractivity contribution is -0.124. The van der Waals surface area contributed by atoms with Crippen LogP contribution in [0.2, 0.25) is 0 Å². The minimum atomic E-state index is -0.531. The maximum absolute atomic E-state index is 13.6. The van der Waals surface area contributed by atoms with Crippen molar-refractivity contribution in [3.63, 3.8) is 0 Å². The van der Waals surface area contributed by atoms with Gasteiger partial charge in [-0.25, -0.2) is 0 Å². The van der Waals surface area contributed by atoms with Crippen LogP contribution >= 0.6 is 0 Å². The number of nitrogens with two attached hydrogens (primary N) is 1. The Balaban J connectivity index is 1.28. The van der Waals surface area contributed by atoms with E-state index in [4.69, 9.17) is 15.2 Å². The van der Waals surface area contributed by atoms with Gasteiger partial charge in [0.05, 0.1) is 13.7 Å². The quantitative estimate of drug-likeness (QED) is 0.431. The summed E-state index contributed by atoms with van der Waals surface area (Å²) in [5.74, 6) is 1.21. The van der Waals surface area contributed by atoms with Crippen LogP contribution in [0.5, 0.6) is 11.5 Å². The van der Waals surface area contributed by atoms with Gasteiger partial charge in [0.25, 0.3) is 5.91 Å². The van der Waals surface area contributed by atoms with Gasteiger partial charge in [-0.2, -0.15) is 0 Å². The highest BCUT2D eigenvalue weighted by molar-refractivity contribution is 5.98. The average molecular weight is 543 g/mol. The highest BCUT2D eigenvalue weighted by atomic mass is 16.5. The third-order valence-corrected chi connectivity index (χ3v) is 8.10. The number of methoxy groups -OCH3 is 1. The van der Waals surface area contributed by atoms with Crippen molar-refractivity contribution in [2.45, 2.75) is 44.4 Å². The molecule has 0 saturated carbocycles. The highest BCUT2D eigenvalue weighted by Gasteiger charge is 2.42. The molecule has 0 spiro atoms. The van der Waals surface area contributed by atoms with Crippen LogP contribution in [0.25, 0.3) is 0 Å². The number of nitrogens with zero attached hydrogens (tertiary/aromatic N) is 2. The summed E-state index contributed by atoms with van der Waals surface area (Å²) in [7, 11) is 3.18. The molecule has 2 heterocycles. The zero-order valence-corrected chi connectivity index (χ0v) is 23.3. The Morgan fingerprint density at radius 3 is 2.62 bits per heavy atom. The maximum Gasteiger partial charge on any atom is 0.254 e. The van der Waals surface area contributed by atoms with Gasteiger partial charge in [-0.1, -0.05) is 48.5 Å². The largest absolute Gasteiger partial charge is 0.496 e. The number of carbonyl (C=O) groups is 2. The van der Waals surface area contributed by atoms with Gasteiger partial charge in [0.15, 0.2) is 0 Å². The van der Waals surface area contributed by atoms with Crippen molar-refractivity contribution in [2.75, 3.05) is 33.9 Å². The second-order valence-corrected chi connectivity index (χ2v) is 10.4. The average Bonchev–Trinajstić information content (AvgIpc) is 3.46. The maximum atomic E-state index is 13.6. The first-order valence-electron chi connectivity index (χ1n) is 13.9. The van der Waals surface area contributed by atoms with Gasteiger partial charge < -0.3 is 25.4 Å². The number of benzene rings is 3. The number of likely N-dealkylation sites (N-methyl/N-ethyl adjacent to an activating group) is 1. The third-order valence-electron chi connectivity index (χ3n) is 8.10. The summed E-state index contributed by atoms with van der Waals surface area (Å²) in [4.78, 5) is 30.6. The number of nitrogens with one attached hydrogen (secondary N) is 1. The number of hydrogen-bond donors (Lipinski definition) is 2. The molecule has 2 aliphatic heterocycles. The zero-order valence-electron chi connectivity index (χ0n) is 23.3. The fraction of sp³-hybridized carbons (Fsp3) is 0.375. The molecule has 3 aromatic rings. The molecule has 1 saturated heterocycles. The third kappa shape index (κ3) is 5.83. The molecule has 40 heavy (non-hydrogen) atoms. The lowest BCUT2D eigenvalue weighted by atomic mass is 9.96. The van der Waals surface area contributed by atoms with Crippen LogP contribution < -0.4 is 20.5 Å². The van der Waals surface area contributed by atoms with E-state index in [0.29, 0.717) is 37.4 Å². The number of carbonyl (C=O) groups excluding carboxylic acids is 2. The summed E-state index contributed by atoms with van der Waals surface area (Å²) in [6, 6.07) is 21.5. The smallest absolute Gasteiger partial charge is 0.254 e. The molecule has 0 radical (unpaired) electrons. The monoisotopic (exact) mass is 542 g/mol. The SMILES string of the molecule is CNC(=O)[C@@H]1C[C@H](N2CCc3c(cccc3OCCc3ccccc3)C2)CN1C(=O)c1ccc(CN)c(OC)c1. The summed E-state index contributed by atoms with van der Waals surface area (Å²) in [5.41, 5.74) is 10.9. The number of amides is 2. The molecule has 2 atom stereocenters. The van der Waals surface area contributed by atoms with Crippen molar-refractivity contribution < 1.29 is 19.1 Å². The van der Waals surface area contributed by atoms with Crippen LogP contribution in [-0.4, -0.2) is 67.6 Å². The van der Waals surface area contributed by atoms with Gasteiger partial charge in [0.2, 0.25) is 5.91 Å². The molecule has 1 fully saturated rings. The Bertz CT molecular complexity index is 1350. The van der Waals surface area contributed by atoms with E-state index in [-0.39, 0.29) is 17.9 Å². The van der Waals surface area contributed by atoms with E-state index < -0.39 is 6.04 Å². The number of ether oxygens (including phenoxy) is 2. The second kappa shape index (κ2) is 12.5. The van der Waals surface area contributed by atoms with Crippen molar-refractivity contribution in [3.8, 4) is 11.5 Å². The molecule has 8 nitrogen and oxygen atoms in total. The molecule has 0 aromatic heterocycles. The fourth-order valence-electron chi connectivity index (χ4n) is 5.90.